The van der Waals surface area contributed by atoms with Crippen molar-refractivity contribution in [3.8, 4) is 0 Å². The second-order valence-corrected chi connectivity index (χ2v) is 2.49. The Morgan fingerprint density at radius 2 is 1.15 bits per heavy atom. The van der Waals surface area contributed by atoms with E-state index in [4.69, 9.17) is 5.11 Å². The minimum absolute atomic E-state index is 0. The smallest absolute Gasteiger partial charge is 0.0431 e. The van der Waals surface area contributed by atoms with Crippen LogP contribution in [0.5, 0.6) is 0 Å². The van der Waals surface area contributed by atoms with Crippen LogP contribution in [0.1, 0.15) is 45.4 Å². The van der Waals surface area contributed by atoms with E-state index in [1.807, 2.05) is 0 Å². The van der Waals surface area contributed by atoms with Gasteiger partial charge in [0, 0.05) is 28.3 Å². The fraction of sp³-hybridized carbons (Fsp3) is 1.00. The zero-order valence-corrected chi connectivity index (χ0v) is 12.1. The summed E-state index contributed by atoms with van der Waals surface area (Å²) in [6, 6.07) is 0. The van der Waals surface area contributed by atoms with Crippen molar-refractivity contribution in [2.75, 3.05) is 6.61 Å². The van der Waals surface area contributed by atoms with Crippen LogP contribution in [0.4, 0.5) is 0 Å². The summed E-state index contributed by atoms with van der Waals surface area (Å²) in [4.78, 5) is 0. The van der Waals surface area contributed by atoms with Crippen LogP contribution >= 0.6 is 37.2 Å². The van der Waals surface area contributed by atoms with Crippen molar-refractivity contribution in [2.24, 2.45) is 0 Å². The fourth-order valence-corrected chi connectivity index (χ4v) is 0.892. The molecule has 0 aliphatic heterocycles. The molecule has 0 aliphatic rings. The molecule has 5 heteroatoms. The maximum Gasteiger partial charge on any atom is 0.0431 e. The quantitative estimate of drug-likeness (QED) is 0.584. The third-order valence-electron chi connectivity index (χ3n) is 1.51. The van der Waals surface area contributed by atoms with Gasteiger partial charge in [-0.15, -0.1) is 37.2 Å². The van der Waals surface area contributed by atoms with Gasteiger partial charge in [-0.1, -0.05) is 39.0 Å². The largest absolute Gasteiger partial charge is 0.396 e. The molecule has 0 saturated heterocycles. The Balaban J connectivity index is -0.0000000533. The second kappa shape index (κ2) is 29.2. The van der Waals surface area contributed by atoms with Gasteiger partial charge in [0.2, 0.25) is 0 Å². The monoisotopic (exact) mass is 286 g/mol. The van der Waals surface area contributed by atoms with Crippen LogP contribution in [0.25, 0.3) is 0 Å². The predicted molar refractivity (Wildman–Crippen MR) is 62.2 cm³/mol. The van der Waals surface area contributed by atoms with E-state index in [-0.39, 0.29) is 58.9 Å². The van der Waals surface area contributed by atoms with Gasteiger partial charge < -0.3 is 5.11 Å². The number of aliphatic hydroxyl groups excluding tert-OH is 1. The molecule has 0 amide bonds. The van der Waals surface area contributed by atoms with Crippen molar-refractivity contribution in [3.05, 3.63) is 0 Å². The van der Waals surface area contributed by atoms with Gasteiger partial charge >= 0.3 is 0 Å². The fourth-order valence-electron chi connectivity index (χ4n) is 0.892. The Morgan fingerprint density at radius 1 is 0.769 bits per heavy atom. The van der Waals surface area contributed by atoms with Gasteiger partial charge in [-0.2, -0.15) is 0 Å². The number of aliphatic hydroxyl groups is 1. The molecule has 0 atom stereocenters. The molecule has 0 aromatic carbocycles. The Hall–Kier alpha value is 1.54. The molecule has 0 bridgehead atoms. The Morgan fingerprint density at radius 3 is 1.54 bits per heavy atom. The van der Waals surface area contributed by atoms with E-state index >= 15 is 0 Å². The zero-order valence-electron chi connectivity index (χ0n) is 8.12. The van der Waals surface area contributed by atoms with Crippen molar-refractivity contribution < 1.29 is 26.8 Å². The minimum atomic E-state index is 0. The van der Waals surface area contributed by atoms with Crippen LogP contribution in [0.2, 0.25) is 0 Å². The first-order valence-electron chi connectivity index (χ1n) is 4.02. The molecule has 13 heavy (non-hydrogen) atoms. The molecular weight excluding hydrogens is 266 g/mol. The molecule has 0 heterocycles. The summed E-state index contributed by atoms with van der Waals surface area (Å²) in [6.45, 7) is 2.58. The third kappa shape index (κ3) is 31.7. The third-order valence-corrected chi connectivity index (χ3v) is 1.51. The predicted octanol–water partition coefficient (Wildman–Crippen LogP) is 3.60. The first-order chi connectivity index (χ1) is 4.41. The van der Waals surface area contributed by atoms with Crippen molar-refractivity contribution in [1.82, 2.24) is 0 Å². The number of hydrogen-bond donors (Lipinski definition) is 1. The van der Waals surface area contributed by atoms with Gasteiger partial charge in [0.05, 0.1) is 0 Å². The summed E-state index contributed by atoms with van der Waals surface area (Å²) in [7, 11) is 0. The SMILES string of the molecule is CCCCCCCCO.Cl.Cl.Cl.[Ti]. The molecule has 1 N–H and O–H groups in total. The van der Waals surface area contributed by atoms with Gasteiger partial charge in [0.1, 0.15) is 0 Å². The van der Waals surface area contributed by atoms with Crippen molar-refractivity contribution in [1.29, 1.82) is 0 Å². The van der Waals surface area contributed by atoms with E-state index < -0.39 is 0 Å². The zero-order chi connectivity index (χ0) is 6.95. The summed E-state index contributed by atoms with van der Waals surface area (Å²) >= 11 is 0. The molecule has 0 rings (SSSR count). The number of unbranched alkanes of at least 4 members (excludes halogenated alkanes) is 5. The number of halogens is 3. The molecule has 0 aromatic rings. The standard InChI is InChI=1S/C8H18O.3ClH.Ti/c1-2-3-4-5-6-7-8-9;;;;/h9H,2-8H2,1H3;3*1H;. The molecule has 1 nitrogen and oxygen atoms in total. The average Bonchev–Trinajstić information content (AvgIpc) is 1.89. The van der Waals surface area contributed by atoms with Crippen LogP contribution in [0, 0.1) is 0 Å². The van der Waals surface area contributed by atoms with Crippen LogP contribution in [-0.2, 0) is 21.7 Å². The van der Waals surface area contributed by atoms with E-state index in [2.05, 4.69) is 6.92 Å². The van der Waals surface area contributed by atoms with E-state index in [1.54, 1.807) is 0 Å². The molecule has 84 valence electrons. The van der Waals surface area contributed by atoms with E-state index in [9.17, 15) is 0 Å². The van der Waals surface area contributed by atoms with Crippen molar-refractivity contribution in [2.45, 2.75) is 45.4 Å². The molecule has 0 unspecified atom stereocenters. The van der Waals surface area contributed by atoms with Gasteiger partial charge in [-0.05, 0) is 6.42 Å². The Kier molecular flexibility index (Phi) is 65.8. The van der Waals surface area contributed by atoms with Crippen molar-refractivity contribution >= 4 is 37.2 Å². The first kappa shape index (κ1) is 29.3. The van der Waals surface area contributed by atoms with E-state index in [0.29, 0.717) is 6.61 Å². The number of rotatable bonds is 6. The molecular formula is C8H21Cl3OTi. The molecule has 0 spiro atoms. The van der Waals surface area contributed by atoms with Crippen LogP contribution in [0.15, 0.2) is 0 Å². The first-order valence-corrected chi connectivity index (χ1v) is 4.02. The van der Waals surface area contributed by atoms with Crippen LogP contribution in [0.3, 0.4) is 0 Å². The number of hydrogen-bond acceptors (Lipinski definition) is 1. The second-order valence-electron chi connectivity index (χ2n) is 2.49. The summed E-state index contributed by atoms with van der Waals surface area (Å²) in [5.41, 5.74) is 0. The summed E-state index contributed by atoms with van der Waals surface area (Å²) < 4.78 is 0. The van der Waals surface area contributed by atoms with Crippen LogP contribution < -0.4 is 0 Å². The van der Waals surface area contributed by atoms with Gasteiger partial charge in [-0.25, -0.2) is 0 Å². The van der Waals surface area contributed by atoms with Gasteiger partial charge in [-0.3, -0.25) is 0 Å². The normalized spacial score (nSPS) is 6.92. The van der Waals surface area contributed by atoms with Gasteiger partial charge in [0.25, 0.3) is 0 Å². The topological polar surface area (TPSA) is 20.2 Å². The minimum Gasteiger partial charge on any atom is -0.396 e. The summed E-state index contributed by atoms with van der Waals surface area (Å²) in [5, 5.41) is 8.42. The van der Waals surface area contributed by atoms with E-state index in [0.717, 1.165) is 6.42 Å². The maximum absolute atomic E-state index is 8.42. The molecule has 0 radical (unpaired) electrons. The van der Waals surface area contributed by atoms with Crippen molar-refractivity contribution in [3.63, 3.8) is 0 Å². The van der Waals surface area contributed by atoms with E-state index in [1.165, 1.54) is 32.1 Å². The molecule has 0 aromatic heterocycles. The van der Waals surface area contributed by atoms with Crippen LogP contribution in [-0.4, -0.2) is 11.7 Å². The maximum atomic E-state index is 8.42. The summed E-state index contributed by atoms with van der Waals surface area (Å²) in [5.74, 6) is 0. The Labute approximate surface area is 116 Å². The average molecular weight is 287 g/mol. The Bertz CT molecular complexity index is 52.7. The molecule has 0 saturated carbocycles. The van der Waals surface area contributed by atoms with Gasteiger partial charge in [0.15, 0.2) is 0 Å². The molecule has 0 fully saturated rings. The summed E-state index contributed by atoms with van der Waals surface area (Å²) in [6.07, 6.45) is 7.50. The molecule has 0 aliphatic carbocycles.